The zero-order valence-electron chi connectivity index (χ0n) is 36.6. The van der Waals surface area contributed by atoms with Crippen molar-refractivity contribution in [1.29, 1.82) is 5.26 Å². The number of anilines is 6. The summed E-state index contributed by atoms with van der Waals surface area (Å²) in [5, 5.41) is 10.2. The van der Waals surface area contributed by atoms with Crippen LogP contribution in [0.2, 0.25) is 0 Å². The molecule has 0 aliphatic rings. The molecule has 0 fully saturated rings. The van der Waals surface area contributed by atoms with E-state index in [2.05, 4.69) is 45.0 Å². The van der Waals surface area contributed by atoms with E-state index in [1.54, 1.807) is 12.1 Å². The Morgan fingerprint density at radius 2 is 0.734 bits per heavy atom. The molecule has 0 saturated heterocycles. The van der Waals surface area contributed by atoms with E-state index in [4.69, 9.17) is 25.5 Å². The zero-order chi connectivity index (χ0) is 44.7. The van der Waals surface area contributed by atoms with E-state index in [-0.39, 0.29) is 0 Å². The van der Waals surface area contributed by atoms with Crippen LogP contribution in [0, 0.1) is 17.9 Å². The summed E-state index contributed by atoms with van der Waals surface area (Å²) in [6.07, 6.45) is 7.72. The Morgan fingerprint density at radius 3 is 1.02 bits per heavy atom. The first-order valence-electron chi connectivity index (χ1n) is 21.5. The second-order valence-corrected chi connectivity index (χ2v) is 14.5. The average molecular weight is 843 g/mol. The quantitative estimate of drug-likeness (QED) is 0.0629. The van der Waals surface area contributed by atoms with Crippen LogP contribution in [-0.2, 0) is 0 Å². The van der Waals surface area contributed by atoms with Crippen molar-refractivity contribution < 1.29 is 18.9 Å². The largest absolute Gasteiger partial charge is 0.494 e. The lowest BCUT2D eigenvalue weighted by atomic mass is 10.0. The lowest BCUT2D eigenvalue weighted by molar-refractivity contribution is 0.340. The fourth-order valence-corrected chi connectivity index (χ4v) is 7.25. The molecular weight excluding hydrogens is 793 g/mol. The molecule has 318 valence electrons. The van der Waals surface area contributed by atoms with Gasteiger partial charge in [-0.3, -0.25) is 0 Å². The second-order valence-electron chi connectivity index (χ2n) is 14.5. The van der Waals surface area contributed by atoms with Gasteiger partial charge in [0.1, 0.15) is 23.0 Å². The first kappa shape index (κ1) is 43.9. The highest BCUT2D eigenvalue weighted by atomic mass is 16.5. The SMILES string of the molecule is [C-]#[N+]c1cc(/C=C\c2ccc(N(c3ccc(OCC)cc3)c3ccc(OCC)cc3)cc2)c(C#N)cc1/C=C\c1ccc(N(c2ccc(OCC)cc2)c2ccc(OCC)cc2)cc1. The maximum absolute atomic E-state index is 10.2. The van der Waals surface area contributed by atoms with Gasteiger partial charge in [0.25, 0.3) is 0 Å². The fraction of sp³-hybridized carbons (Fsp3) is 0.143. The molecule has 0 aliphatic carbocycles. The third-order valence-electron chi connectivity index (χ3n) is 10.3. The normalized spacial score (nSPS) is 10.9. The molecule has 0 aliphatic heterocycles. The summed E-state index contributed by atoms with van der Waals surface area (Å²) in [6, 6.07) is 54.6. The molecule has 0 amide bonds. The lowest BCUT2D eigenvalue weighted by Crippen LogP contribution is -2.10. The van der Waals surface area contributed by atoms with Gasteiger partial charge in [-0.2, -0.15) is 5.26 Å². The van der Waals surface area contributed by atoms with Gasteiger partial charge in [-0.25, -0.2) is 4.85 Å². The summed E-state index contributed by atoms with van der Waals surface area (Å²) in [4.78, 5) is 8.20. The highest BCUT2D eigenvalue weighted by Gasteiger charge is 2.15. The molecule has 8 nitrogen and oxygen atoms in total. The van der Waals surface area contributed by atoms with E-state index < -0.39 is 0 Å². The summed E-state index contributed by atoms with van der Waals surface area (Å²) in [6.45, 7) is 18.3. The predicted molar refractivity (Wildman–Crippen MR) is 262 cm³/mol. The summed E-state index contributed by atoms with van der Waals surface area (Å²) >= 11 is 0. The summed E-state index contributed by atoms with van der Waals surface area (Å²) < 4.78 is 22.8. The van der Waals surface area contributed by atoms with Gasteiger partial charge >= 0.3 is 0 Å². The van der Waals surface area contributed by atoms with Crippen molar-refractivity contribution in [2.75, 3.05) is 36.2 Å². The van der Waals surface area contributed by atoms with Crippen LogP contribution in [0.5, 0.6) is 23.0 Å². The Kier molecular flexibility index (Phi) is 14.8. The molecule has 0 atom stereocenters. The van der Waals surface area contributed by atoms with Gasteiger partial charge in [-0.15, -0.1) is 0 Å². The van der Waals surface area contributed by atoms with E-state index in [0.717, 1.165) is 68.2 Å². The molecule has 0 bridgehead atoms. The monoisotopic (exact) mass is 842 g/mol. The molecule has 0 saturated carbocycles. The number of hydrogen-bond acceptors (Lipinski definition) is 7. The molecule has 7 aromatic carbocycles. The van der Waals surface area contributed by atoms with Crippen LogP contribution in [0.4, 0.5) is 39.8 Å². The van der Waals surface area contributed by atoms with Crippen LogP contribution in [0.3, 0.4) is 0 Å². The molecular formula is C56H50N4O4. The number of nitriles is 1. The third kappa shape index (κ3) is 10.8. The maximum atomic E-state index is 10.2. The number of nitrogens with zero attached hydrogens (tertiary/aromatic N) is 4. The van der Waals surface area contributed by atoms with E-state index in [1.807, 2.05) is 173 Å². The van der Waals surface area contributed by atoms with Crippen molar-refractivity contribution in [2.45, 2.75) is 27.7 Å². The first-order valence-corrected chi connectivity index (χ1v) is 21.5. The standard InChI is InChI=1S/C56H50N4O4/c1-6-61-52-30-22-48(23-31-52)59(49-24-32-53(33-25-49)62-7-2)46-18-12-41(13-19-46)10-16-43-39-56(58-5)44(38-45(43)40-57)17-11-42-14-20-47(21-15-42)60(50-26-34-54(35-27-50)63-8-3)51-28-36-55(37-29-51)64-9-4/h10-39H,6-9H2,1-4H3/b16-10-,17-11-. The molecule has 64 heavy (non-hydrogen) atoms. The van der Waals surface area contributed by atoms with E-state index >= 15 is 0 Å². The highest BCUT2D eigenvalue weighted by Crippen LogP contribution is 2.38. The molecule has 7 rings (SSSR count). The zero-order valence-corrected chi connectivity index (χ0v) is 36.6. The minimum atomic E-state index is 0.459. The number of hydrogen-bond donors (Lipinski definition) is 0. The topological polar surface area (TPSA) is 71.6 Å². The fourth-order valence-electron chi connectivity index (χ4n) is 7.25. The van der Waals surface area contributed by atoms with Gasteiger partial charge in [0, 0.05) is 34.1 Å². The van der Waals surface area contributed by atoms with Gasteiger partial charge in [-0.1, -0.05) is 48.6 Å². The molecule has 0 N–H and O–H groups in total. The highest BCUT2D eigenvalue weighted by molar-refractivity contribution is 5.84. The lowest BCUT2D eigenvalue weighted by Gasteiger charge is -2.26. The van der Waals surface area contributed by atoms with Crippen molar-refractivity contribution >= 4 is 64.1 Å². The Balaban J connectivity index is 1.10. The summed E-state index contributed by atoms with van der Waals surface area (Å²) in [7, 11) is 0. The second kappa shape index (κ2) is 21.5. The Morgan fingerprint density at radius 1 is 0.438 bits per heavy atom. The van der Waals surface area contributed by atoms with Gasteiger partial charge in [-0.05, 0) is 183 Å². The predicted octanol–water partition coefficient (Wildman–Crippen LogP) is 15.0. The Hall–Kier alpha value is -8.20. The van der Waals surface area contributed by atoms with Crippen LogP contribution in [0.15, 0.2) is 158 Å². The van der Waals surface area contributed by atoms with Crippen LogP contribution >= 0.6 is 0 Å². The third-order valence-corrected chi connectivity index (χ3v) is 10.3. The first-order chi connectivity index (χ1) is 31.4. The minimum Gasteiger partial charge on any atom is -0.494 e. The smallest absolute Gasteiger partial charge is 0.194 e. The Labute approximate surface area is 376 Å². The van der Waals surface area contributed by atoms with Gasteiger partial charge in [0.15, 0.2) is 5.69 Å². The van der Waals surface area contributed by atoms with Crippen LogP contribution in [0.25, 0.3) is 29.1 Å². The molecule has 0 heterocycles. The van der Waals surface area contributed by atoms with Crippen LogP contribution in [-0.4, -0.2) is 26.4 Å². The van der Waals surface area contributed by atoms with Crippen LogP contribution in [0.1, 0.15) is 55.5 Å². The molecule has 8 heteroatoms. The van der Waals surface area contributed by atoms with E-state index in [9.17, 15) is 5.26 Å². The van der Waals surface area contributed by atoms with Crippen molar-refractivity contribution in [1.82, 2.24) is 0 Å². The van der Waals surface area contributed by atoms with Crippen molar-refractivity contribution in [3.8, 4) is 29.1 Å². The molecule has 0 radical (unpaired) electrons. The minimum absolute atomic E-state index is 0.459. The molecule has 0 spiro atoms. The summed E-state index contributed by atoms with van der Waals surface area (Å²) in [5.74, 6) is 3.26. The Bertz CT molecular complexity index is 2460. The maximum Gasteiger partial charge on any atom is 0.194 e. The van der Waals surface area contributed by atoms with E-state index in [1.165, 1.54) is 0 Å². The van der Waals surface area contributed by atoms with Gasteiger partial charge in [0.2, 0.25) is 0 Å². The number of ether oxygens (including phenoxy) is 4. The van der Waals surface area contributed by atoms with Crippen LogP contribution < -0.4 is 28.7 Å². The molecule has 7 aromatic rings. The number of rotatable bonds is 18. The van der Waals surface area contributed by atoms with Gasteiger partial charge in [0.05, 0.1) is 44.6 Å². The molecule has 0 aromatic heterocycles. The van der Waals surface area contributed by atoms with Crippen molar-refractivity contribution in [2.24, 2.45) is 0 Å². The van der Waals surface area contributed by atoms with Gasteiger partial charge < -0.3 is 28.7 Å². The summed E-state index contributed by atoms with van der Waals surface area (Å²) in [5.41, 5.74) is 10.1. The van der Waals surface area contributed by atoms with Crippen molar-refractivity contribution in [3.63, 3.8) is 0 Å². The van der Waals surface area contributed by atoms with E-state index in [0.29, 0.717) is 48.8 Å². The molecule has 0 unspecified atom stereocenters. The van der Waals surface area contributed by atoms with Crippen molar-refractivity contribution in [3.05, 3.63) is 197 Å². The number of benzene rings is 7. The average Bonchev–Trinajstić information content (AvgIpc) is 3.33.